The van der Waals surface area contributed by atoms with E-state index in [1.165, 1.54) is 0 Å². The van der Waals surface area contributed by atoms with Crippen LogP contribution in [0.1, 0.15) is 6.42 Å². The van der Waals surface area contributed by atoms with E-state index in [-0.39, 0.29) is 5.56 Å². The Bertz CT molecular complexity index is 845. The molecular formula is C17H15ClN2O2. The Morgan fingerprint density at radius 3 is 2.73 bits per heavy atom. The van der Waals surface area contributed by atoms with Crippen LogP contribution < -0.4 is 10.3 Å². The van der Waals surface area contributed by atoms with Crippen LogP contribution in [-0.2, 0) is 6.54 Å². The number of aryl methyl sites for hydroxylation is 1. The maximum atomic E-state index is 12.3. The van der Waals surface area contributed by atoms with Gasteiger partial charge >= 0.3 is 0 Å². The fourth-order valence-electron chi connectivity index (χ4n) is 2.24. The van der Waals surface area contributed by atoms with Crippen molar-refractivity contribution in [2.24, 2.45) is 0 Å². The highest BCUT2D eigenvalue weighted by Crippen LogP contribution is 2.23. The van der Waals surface area contributed by atoms with Crippen LogP contribution in [0, 0.1) is 0 Å². The number of para-hydroxylation sites is 2. The van der Waals surface area contributed by atoms with Gasteiger partial charge in [-0.2, -0.15) is 0 Å². The highest BCUT2D eigenvalue weighted by atomic mass is 35.5. The lowest BCUT2D eigenvalue weighted by atomic mass is 10.2. The van der Waals surface area contributed by atoms with Crippen LogP contribution in [-0.4, -0.2) is 16.2 Å². The largest absolute Gasteiger partial charge is 0.492 e. The number of nitrogens with zero attached hydrogens (tertiary/aromatic N) is 2. The first kappa shape index (κ1) is 14.6. The molecule has 0 unspecified atom stereocenters. The minimum Gasteiger partial charge on any atom is -0.492 e. The standard InChI is InChI=1S/C17H15ClN2O2/c18-14-7-2-4-9-16(14)22-11-5-10-20-12-19-15-8-3-1-6-13(15)17(20)21/h1-4,6-9,12H,5,10-11H2. The van der Waals surface area contributed by atoms with E-state index in [1.807, 2.05) is 36.4 Å². The summed E-state index contributed by atoms with van der Waals surface area (Å²) in [4.78, 5) is 16.6. The smallest absolute Gasteiger partial charge is 0.261 e. The van der Waals surface area contributed by atoms with Crippen molar-refractivity contribution in [3.8, 4) is 5.75 Å². The molecule has 0 amide bonds. The third-order valence-corrected chi connectivity index (χ3v) is 3.68. The molecule has 0 aliphatic heterocycles. The first-order chi connectivity index (χ1) is 10.8. The molecule has 22 heavy (non-hydrogen) atoms. The summed E-state index contributed by atoms with van der Waals surface area (Å²) in [7, 11) is 0. The van der Waals surface area contributed by atoms with E-state index in [1.54, 1.807) is 23.0 Å². The number of fused-ring (bicyclic) bond motifs is 1. The van der Waals surface area contributed by atoms with Crippen molar-refractivity contribution in [2.45, 2.75) is 13.0 Å². The van der Waals surface area contributed by atoms with Gasteiger partial charge in [0.1, 0.15) is 5.75 Å². The van der Waals surface area contributed by atoms with Crippen LogP contribution in [0.4, 0.5) is 0 Å². The van der Waals surface area contributed by atoms with E-state index >= 15 is 0 Å². The van der Waals surface area contributed by atoms with E-state index in [0.29, 0.717) is 35.7 Å². The molecule has 0 radical (unpaired) electrons. The van der Waals surface area contributed by atoms with Crippen LogP contribution in [0.5, 0.6) is 5.75 Å². The summed E-state index contributed by atoms with van der Waals surface area (Å²) in [6.07, 6.45) is 2.28. The molecule has 0 spiro atoms. The molecule has 3 rings (SSSR count). The quantitative estimate of drug-likeness (QED) is 0.677. The molecule has 0 atom stereocenters. The van der Waals surface area contributed by atoms with Gasteiger partial charge in [0.2, 0.25) is 0 Å². The lowest BCUT2D eigenvalue weighted by molar-refractivity contribution is 0.301. The monoisotopic (exact) mass is 314 g/mol. The van der Waals surface area contributed by atoms with Gasteiger partial charge in [0, 0.05) is 6.54 Å². The second-order valence-corrected chi connectivity index (χ2v) is 5.30. The average Bonchev–Trinajstić information content (AvgIpc) is 2.55. The predicted molar refractivity (Wildman–Crippen MR) is 87.6 cm³/mol. The Kier molecular flexibility index (Phi) is 4.39. The van der Waals surface area contributed by atoms with Gasteiger partial charge in [-0.1, -0.05) is 35.9 Å². The number of aromatic nitrogens is 2. The summed E-state index contributed by atoms with van der Waals surface area (Å²) in [6.45, 7) is 1.05. The van der Waals surface area contributed by atoms with Crippen molar-refractivity contribution >= 4 is 22.5 Å². The Morgan fingerprint density at radius 2 is 1.86 bits per heavy atom. The molecule has 0 N–H and O–H groups in total. The third-order valence-electron chi connectivity index (χ3n) is 3.37. The number of ether oxygens (including phenoxy) is 1. The van der Waals surface area contributed by atoms with E-state index in [9.17, 15) is 4.79 Å². The van der Waals surface area contributed by atoms with Crippen molar-refractivity contribution in [3.63, 3.8) is 0 Å². The second kappa shape index (κ2) is 6.62. The van der Waals surface area contributed by atoms with Crippen molar-refractivity contribution in [3.05, 3.63) is 70.2 Å². The van der Waals surface area contributed by atoms with Crippen molar-refractivity contribution in [2.75, 3.05) is 6.61 Å². The molecule has 3 aromatic rings. The minimum absolute atomic E-state index is 0.0247. The van der Waals surface area contributed by atoms with Crippen LogP contribution >= 0.6 is 11.6 Å². The molecule has 4 nitrogen and oxygen atoms in total. The van der Waals surface area contributed by atoms with E-state index in [0.717, 1.165) is 5.52 Å². The lowest BCUT2D eigenvalue weighted by Crippen LogP contribution is -2.21. The van der Waals surface area contributed by atoms with Crippen molar-refractivity contribution in [1.82, 2.24) is 9.55 Å². The van der Waals surface area contributed by atoms with Gasteiger partial charge in [0.05, 0.1) is 28.9 Å². The summed E-state index contributed by atoms with van der Waals surface area (Å²) in [5.74, 6) is 0.660. The fourth-order valence-corrected chi connectivity index (χ4v) is 2.43. The second-order valence-electron chi connectivity index (χ2n) is 4.89. The molecule has 5 heteroatoms. The molecule has 0 saturated carbocycles. The molecule has 1 aromatic heterocycles. The van der Waals surface area contributed by atoms with Crippen LogP contribution in [0.15, 0.2) is 59.7 Å². The number of halogens is 1. The van der Waals surface area contributed by atoms with Gasteiger partial charge in [0.15, 0.2) is 0 Å². The maximum Gasteiger partial charge on any atom is 0.261 e. The summed E-state index contributed by atoms with van der Waals surface area (Å²) < 4.78 is 7.23. The zero-order valence-corrected chi connectivity index (χ0v) is 12.7. The Labute approximate surface area is 132 Å². The van der Waals surface area contributed by atoms with Crippen molar-refractivity contribution < 1.29 is 4.74 Å². The first-order valence-electron chi connectivity index (χ1n) is 7.07. The maximum absolute atomic E-state index is 12.3. The van der Waals surface area contributed by atoms with Gasteiger partial charge in [0.25, 0.3) is 5.56 Å². The minimum atomic E-state index is -0.0247. The lowest BCUT2D eigenvalue weighted by Gasteiger charge is -2.09. The molecule has 1 heterocycles. The van der Waals surface area contributed by atoms with E-state index in [4.69, 9.17) is 16.3 Å². The molecule has 0 saturated heterocycles. The Hall–Kier alpha value is -2.33. The van der Waals surface area contributed by atoms with E-state index in [2.05, 4.69) is 4.98 Å². The summed E-state index contributed by atoms with van der Waals surface area (Å²) in [5, 5.41) is 1.23. The molecule has 0 aliphatic carbocycles. The van der Waals surface area contributed by atoms with Crippen LogP contribution in [0.25, 0.3) is 10.9 Å². The van der Waals surface area contributed by atoms with E-state index < -0.39 is 0 Å². The number of benzene rings is 2. The zero-order valence-electron chi connectivity index (χ0n) is 11.9. The zero-order chi connectivity index (χ0) is 15.4. The van der Waals surface area contributed by atoms with Gasteiger partial charge in [-0.3, -0.25) is 9.36 Å². The number of hydrogen-bond donors (Lipinski definition) is 0. The Morgan fingerprint density at radius 1 is 1.09 bits per heavy atom. The summed E-state index contributed by atoms with van der Waals surface area (Å²) in [5.41, 5.74) is 0.694. The van der Waals surface area contributed by atoms with Gasteiger partial charge in [-0.25, -0.2) is 4.98 Å². The fraction of sp³-hybridized carbons (Fsp3) is 0.176. The molecule has 0 aliphatic rings. The van der Waals surface area contributed by atoms with Crippen molar-refractivity contribution in [1.29, 1.82) is 0 Å². The molecule has 0 fully saturated rings. The Balaban J connectivity index is 1.64. The van der Waals surface area contributed by atoms with Crippen LogP contribution in [0.3, 0.4) is 0 Å². The third kappa shape index (κ3) is 3.12. The van der Waals surface area contributed by atoms with Crippen LogP contribution in [0.2, 0.25) is 5.02 Å². The molecule has 0 bridgehead atoms. The summed E-state index contributed by atoms with van der Waals surface area (Å²) >= 11 is 6.02. The molecule has 2 aromatic carbocycles. The SMILES string of the molecule is O=c1c2ccccc2ncn1CCCOc1ccccc1Cl. The summed E-state index contributed by atoms with van der Waals surface area (Å²) in [6, 6.07) is 14.7. The van der Waals surface area contributed by atoms with Gasteiger partial charge in [-0.15, -0.1) is 0 Å². The molecular weight excluding hydrogens is 300 g/mol. The topological polar surface area (TPSA) is 44.1 Å². The highest BCUT2D eigenvalue weighted by molar-refractivity contribution is 6.32. The number of hydrogen-bond acceptors (Lipinski definition) is 3. The average molecular weight is 315 g/mol. The predicted octanol–water partition coefficient (Wildman–Crippen LogP) is 3.52. The van der Waals surface area contributed by atoms with Gasteiger partial charge in [-0.05, 0) is 30.7 Å². The molecule has 112 valence electrons. The highest BCUT2D eigenvalue weighted by Gasteiger charge is 2.04. The van der Waals surface area contributed by atoms with Gasteiger partial charge < -0.3 is 4.74 Å². The first-order valence-corrected chi connectivity index (χ1v) is 7.45. The number of rotatable bonds is 5. The normalized spacial score (nSPS) is 10.8.